The fourth-order valence-corrected chi connectivity index (χ4v) is 8.87. The van der Waals surface area contributed by atoms with Crippen molar-refractivity contribution in [3.05, 3.63) is 97.6 Å². The van der Waals surface area contributed by atoms with Crippen molar-refractivity contribution in [2.75, 3.05) is 26.2 Å². The lowest BCUT2D eigenvalue weighted by Crippen LogP contribution is -2.51. The minimum Gasteiger partial charge on any atom is -0.458 e. The van der Waals surface area contributed by atoms with Crippen LogP contribution in [0.4, 0.5) is 9.18 Å². The first kappa shape index (κ1) is 50.3. The molecule has 0 saturated carbocycles. The number of carbonyl (C=O) groups excluding carboxylic acids is 8. The topological polar surface area (TPSA) is 282 Å². The van der Waals surface area contributed by atoms with Crippen molar-refractivity contribution in [2.24, 2.45) is 0 Å². The summed E-state index contributed by atoms with van der Waals surface area (Å²) in [5.41, 5.74) is 0.991. The van der Waals surface area contributed by atoms with E-state index in [1.807, 2.05) is 0 Å². The maximum atomic E-state index is 15.3. The summed E-state index contributed by atoms with van der Waals surface area (Å²) < 4.78 is 27.1. The zero-order chi connectivity index (χ0) is 50.7. The summed E-state index contributed by atoms with van der Waals surface area (Å²) in [5.74, 6) is -5.13. The van der Waals surface area contributed by atoms with E-state index in [4.69, 9.17) is 14.5 Å². The van der Waals surface area contributed by atoms with Crippen molar-refractivity contribution >= 4 is 58.3 Å². The third-order valence-corrected chi connectivity index (χ3v) is 12.4. The molecule has 7 N–H and O–H groups in total. The van der Waals surface area contributed by atoms with E-state index >= 15 is 4.39 Å². The van der Waals surface area contributed by atoms with E-state index < -0.39 is 108 Å². The normalized spacial score (nSPS) is 16.9. The number of ether oxygens (including phenoxy) is 2. The van der Waals surface area contributed by atoms with Crippen LogP contribution in [0.2, 0.25) is 0 Å². The molecule has 0 radical (unpaired) electrons. The number of cyclic esters (lactones) is 1. The number of carbonyl (C=O) groups is 8. The highest BCUT2D eigenvalue weighted by Crippen LogP contribution is 2.46. The molecular weight excluding hydrogens is 912 g/mol. The second-order valence-corrected chi connectivity index (χ2v) is 18.4. The molecule has 6 amide bonds. The van der Waals surface area contributed by atoms with Crippen molar-refractivity contribution < 1.29 is 57.3 Å². The highest BCUT2D eigenvalue weighted by Gasteiger charge is 2.46. The van der Waals surface area contributed by atoms with Crippen LogP contribution >= 0.6 is 0 Å². The van der Waals surface area contributed by atoms with E-state index in [2.05, 4.69) is 31.9 Å². The van der Waals surface area contributed by atoms with Crippen LogP contribution < -0.4 is 37.5 Å². The molecule has 1 aliphatic carbocycles. The molecule has 7 rings (SSSR count). The second-order valence-electron chi connectivity index (χ2n) is 18.4. The van der Waals surface area contributed by atoms with Crippen LogP contribution in [-0.4, -0.2) is 99.9 Å². The summed E-state index contributed by atoms with van der Waals surface area (Å²) in [5, 5.41) is 27.2. The number of alkyl carbamates (subject to hydrolysis) is 1. The van der Waals surface area contributed by atoms with Crippen molar-refractivity contribution in [3.8, 4) is 11.4 Å². The Balaban J connectivity index is 0.939. The van der Waals surface area contributed by atoms with Gasteiger partial charge in [-0.2, -0.15) is 0 Å². The molecule has 2 aromatic carbocycles. The molecule has 21 heteroatoms. The summed E-state index contributed by atoms with van der Waals surface area (Å²) in [6.45, 7) is 6.06. The van der Waals surface area contributed by atoms with E-state index in [0.717, 1.165) is 0 Å². The minimum atomic E-state index is -2.05. The Morgan fingerprint density at radius 3 is 2.31 bits per heavy atom. The van der Waals surface area contributed by atoms with Gasteiger partial charge in [0.05, 0.1) is 54.7 Å². The lowest BCUT2D eigenvalue weighted by Gasteiger charge is -2.31. The fraction of sp³-hybridized carbons (Fsp3) is 0.429. The van der Waals surface area contributed by atoms with Crippen molar-refractivity contribution in [2.45, 2.75) is 110 Å². The molecule has 0 spiro atoms. The van der Waals surface area contributed by atoms with Gasteiger partial charge in [0.15, 0.2) is 11.4 Å². The average molecular weight is 967 g/mol. The van der Waals surface area contributed by atoms with E-state index in [1.54, 1.807) is 71.0 Å². The molecule has 70 heavy (non-hydrogen) atoms. The van der Waals surface area contributed by atoms with Gasteiger partial charge < -0.3 is 51.0 Å². The molecule has 20 nitrogen and oxygen atoms in total. The smallest absolute Gasteiger partial charge is 0.408 e. The van der Waals surface area contributed by atoms with Gasteiger partial charge in [0, 0.05) is 41.8 Å². The number of halogens is 1. The Morgan fingerprint density at radius 1 is 0.900 bits per heavy atom. The monoisotopic (exact) mass is 966 g/mol. The number of rotatable bonds is 17. The van der Waals surface area contributed by atoms with Gasteiger partial charge in [0.2, 0.25) is 29.5 Å². The van der Waals surface area contributed by atoms with Gasteiger partial charge >= 0.3 is 12.1 Å². The number of amides is 6. The summed E-state index contributed by atoms with van der Waals surface area (Å²) >= 11 is 0. The van der Waals surface area contributed by atoms with Crippen LogP contribution in [0.5, 0.6) is 0 Å². The molecule has 3 atom stereocenters. The number of nitrogens with one attached hydrogen (secondary N) is 6. The Bertz CT molecular complexity index is 2880. The highest BCUT2D eigenvalue weighted by molar-refractivity contribution is 5.96. The number of ketones is 1. The molecule has 0 fully saturated rings. The van der Waals surface area contributed by atoms with Gasteiger partial charge in [-0.25, -0.2) is 19.0 Å². The first-order chi connectivity index (χ1) is 33.2. The second kappa shape index (κ2) is 20.6. The van der Waals surface area contributed by atoms with Gasteiger partial charge in [0.1, 0.15) is 30.6 Å². The molecule has 0 saturated heterocycles. The summed E-state index contributed by atoms with van der Waals surface area (Å²) in [7, 11) is 0. The van der Waals surface area contributed by atoms with Crippen LogP contribution in [0, 0.1) is 12.7 Å². The predicted molar refractivity (Wildman–Crippen MR) is 248 cm³/mol. The molecule has 4 aromatic rings. The number of esters is 1. The molecule has 2 aromatic heterocycles. The van der Waals surface area contributed by atoms with E-state index in [-0.39, 0.29) is 50.0 Å². The number of aliphatic hydroxyl groups is 1. The quantitative estimate of drug-likeness (QED) is 0.0653. The lowest BCUT2D eigenvalue weighted by atomic mass is 9.81. The number of benzene rings is 2. The Hall–Kier alpha value is -7.55. The molecule has 3 aliphatic rings. The lowest BCUT2D eigenvalue weighted by molar-refractivity contribution is -0.172. The zero-order valence-electron chi connectivity index (χ0n) is 39.4. The van der Waals surface area contributed by atoms with E-state index in [1.165, 1.54) is 10.6 Å². The molecule has 4 heterocycles. The van der Waals surface area contributed by atoms with Crippen molar-refractivity contribution in [1.82, 2.24) is 41.5 Å². The standard InChI is InChI=1S/C49H55FN8O12/c1-6-49(68)31-17-36-43-29(23-58(36)45(65)30(31)24-69-46(49)66)42-33(14-13-28-25(2)32(50)18-34(57-43)41(28)42)55-39(62)21-51-37(60)15-12-27(59)19-53-44(64)35(16-26-10-8-7-9-11-26)56-40(63)22-52-38(61)20-54-47(67)70-48(3,4)5/h7-11,17-18,33,35,68H,6,12-16,19-24H2,1-5H3,(H,51,60)(H,52,61)(H,53,64)(H,54,67)(H,55,62)(H,56,63)/t33-,35-,49-/m0/s1. The minimum absolute atomic E-state index is 0.0426. The van der Waals surface area contributed by atoms with Crippen LogP contribution in [0.3, 0.4) is 0 Å². The van der Waals surface area contributed by atoms with Gasteiger partial charge in [-0.1, -0.05) is 37.3 Å². The maximum absolute atomic E-state index is 15.3. The number of hydrogen-bond donors (Lipinski definition) is 7. The van der Waals surface area contributed by atoms with Gasteiger partial charge in [0.25, 0.3) is 5.56 Å². The first-order valence-corrected chi connectivity index (χ1v) is 22.9. The Morgan fingerprint density at radius 2 is 1.60 bits per heavy atom. The van der Waals surface area contributed by atoms with Crippen molar-refractivity contribution in [3.63, 3.8) is 0 Å². The largest absolute Gasteiger partial charge is 0.458 e. The summed E-state index contributed by atoms with van der Waals surface area (Å²) in [6.07, 6.45) is -0.681. The molecule has 370 valence electrons. The number of fused-ring (bicyclic) bond motifs is 5. The fourth-order valence-electron chi connectivity index (χ4n) is 8.87. The first-order valence-electron chi connectivity index (χ1n) is 22.9. The van der Waals surface area contributed by atoms with Crippen LogP contribution in [0.15, 0.2) is 47.3 Å². The molecule has 0 bridgehead atoms. The zero-order valence-corrected chi connectivity index (χ0v) is 39.4. The molecule has 2 aliphatic heterocycles. The highest BCUT2D eigenvalue weighted by atomic mass is 19.1. The molecular formula is C49H55FN8O12. The Kier molecular flexibility index (Phi) is 14.8. The maximum Gasteiger partial charge on any atom is 0.408 e. The third kappa shape index (κ3) is 11.0. The number of pyridine rings is 2. The Labute approximate surface area is 400 Å². The van der Waals surface area contributed by atoms with Gasteiger partial charge in [-0.15, -0.1) is 0 Å². The van der Waals surface area contributed by atoms with Gasteiger partial charge in [-0.05, 0) is 75.3 Å². The average Bonchev–Trinajstić information content (AvgIpc) is 3.69. The van der Waals surface area contributed by atoms with E-state index in [0.29, 0.717) is 62.9 Å². The van der Waals surface area contributed by atoms with Crippen LogP contribution in [-0.2, 0) is 74.6 Å². The van der Waals surface area contributed by atoms with Crippen LogP contribution in [0.1, 0.15) is 98.4 Å². The molecule has 0 unspecified atom stereocenters. The van der Waals surface area contributed by atoms with Gasteiger partial charge in [-0.3, -0.25) is 33.6 Å². The number of Topliss-reactive ketones (excluding diaryl/α,β-unsaturated/α-hetero) is 1. The number of aryl methyl sites for hydroxylation is 1. The number of aromatic nitrogens is 2. The van der Waals surface area contributed by atoms with E-state index in [9.17, 15) is 48.3 Å². The summed E-state index contributed by atoms with van der Waals surface area (Å²) in [6, 6.07) is 9.81. The third-order valence-electron chi connectivity index (χ3n) is 12.4. The predicted octanol–water partition coefficient (Wildman–Crippen LogP) is 1.58. The van der Waals surface area contributed by atoms with Crippen LogP contribution in [0.25, 0.3) is 22.3 Å². The number of nitrogens with zero attached hydrogens (tertiary/aromatic N) is 2. The number of hydrogen-bond acceptors (Lipinski definition) is 13. The summed E-state index contributed by atoms with van der Waals surface area (Å²) in [4.78, 5) is 121. The van der Waals surface area contributed by atoms with Crippen molar-refractivity contribution in [1.29, 1.82) is 0 Å². The SMILES string of the molecule is CC[C@@]1(O)C(=O)OCc2c1cc1n(c2=O)Cc2c-1nc1cc(F)c(C)c3c1c2[C@@H](NC(=O)CNC(=O)CCC(=O)CNC(=O)[C@H](Cc1ccccc1)NC(=O)CNC(=O)CNC(=O)OC(C)(C)C)CC3.